The van der Waals surface area contributed by atoms with Gasteiger partial charge in [-0.1, -0.05) is 27.7 Å². The molecule has 2 heterocycles. The minimum absolute atomic E-state index is 0.0389. The van der Waals surface area contributed by atoms with Crippen LogP contribution in [0.25, 0.3) is 0 Å². The van der Waals surface area contributed by atoms with Gasteiger partial charge in [0.05, 0.1) is 18.8 Å². The van der Waals surface area contributed by atoms with E-state index in [-0.39, 0.29) is 11.9 Å². The van der Waals surface area contributed by atoms with Crippen molar-refractivity contribution in [1.82, 2.24) is 0 Å². The molecule has 0 radical (unpaired) electrons. The van der Waals surface area contributed by atoms with Gasteiger partial charge in [0.25, 0.3) is 0 Å². The number of hydrogen-bond donors (Lipinski definition) is 1. The molecule has 2 saturated heterocycles. The summed E-state index contributed by atoms with van der Waals surface area (Å²) in [6.07, 6.45) is 12.9. The van der Waals surface area contributed by atoms with E-state index in [1.54, 1.807) is 0 Å². The molecule has 0 aromatic heterocycles. The van der Waals surface area contributed by atoms with Gasteiger partial charge in [-0.05, 0) is 104 Å². The first-order valence-electron chi connectivity index (χ1n) is 13.3. The molecular formula is C27H44O3. The Hall–Kier alpha value is -0.120. The Kier molecular flexibility index (Phi) is 4.58. The number of hydrogen-bond acceptors (Lipinski definition) is 3. The first-order chi connectivity index (χ1) is 14.3. The van der Waals surface area contributed by atoms with Gasteiger partial charge in [-0.25, -0.2) is 0 Å². The van der Waals surface area contributed by atoms with Crippen molar-refractivity contribution in [3.63, 3.8) is 0 Å². The van der Waals surface area contributed by atoms with Crippen LogP contribution in [0.2, 0.25) is 0 Å². The summed E-state index contributed by atoms with van der Waals surface area (Å²) in [6, 6.07) is 0. The fourth-order valence-corrected chi connectivity index (χ4v) is 10.3. The summed E-state index contributed by atoms with van der Waals surface area (Å²) in [7, 11) is 0. The second kappa shape index (κ2) is 6.70. The van der Waals surface area contributed by atoms with E-state index in [0.717, 1.165) is 49.5 Å². The highest BCUT2D eigenvalue weighted by atomic mass is 16.7. The van der Waals surface area contributed by atoms with Crippen molar-refractivity contribution in [3.8, 4) is 0 Å². The Morgan fingerprint density at radius 1 is 0.833 bits per heavy atom. The van der Waals surface area contributed by atoms with E-state index >= 15 is 0 Å². The van der Waals surface area contributed by atoms with Crippen molar-refractivity contribution in [2.45, 2.75) is 110 Å². The molecule has 12 atom stereocenters. The number of rotatable bonds is 0. The van der Waals surface area contributed by atoms with Gasteiger partial charge in [0, 0.05) is 12.3 Å². The third-order valence-electron chi connectivity index (χ3n) is 11.9. The summed E-state index contributed by atoms with van der Waals surface area (Å²) in [5, 5.41) is 10.3. The van der Waals surface area contributed by atoms with Crippen molar-refractivity contribution in [2.24, 2.45) is 52.3 Å². The second-order valence-corrected chi connectivity index (χ2v) is 13.1. The molecular weight excluding hydrogens is 372 g/mol. The Morgan fingerprint density at radius 3 is 2.40 bits per heavy atom. The Bertz CT molecular complexity index is 684. The minimum atomic E-state index is -0.282. The van der Waals surface area contributed by atoms with Crippen molar-refractivity contribution in [3.05, 3.63) is 0 Å². The lowest BCUT2D eigenvalue weighted by Crippen LogP contribution is -2.55. The van der Waals surface area contributed by atoms with Crippen molar-refractivity contribution < 1.29 is 14.6 Å². The molecule has 6 fully saturated rings. The largest absolute Gasteiger partial charge is 0.393 e. The third kappa shape index (κ3) is 2.61. The molecule has 0 bridgehead atoms. The van der Waals surface area contributed by atoms with E-state index in [2.05, 4.69) is 27.7 Å². The number of aliphatic hydroxyl groups is 1. The minimum Gasteiger partial charge on any atom is -0.393 e. The highest BCUT2D eigenvalue weighted by Crippen LogP contribution is 2.71. The van der Waals surface area contributed by atoms with Crippen LogP contribution >= 0.6 is 0 Å². The SMILES string of the molecule is C[C@H]1CC[C@@]2(OC1)O[C@H]1C[C@@H]3[C@@H]4CC[C@@H]5C[C@H](O)CC[C@]5(C)[C@H]4CC[C@]3(C)[C@H]1[C@@H]2C. The predicted molar refractivity (Wildman–Crippen MR) is 118 cm³/mol. The van der Waals surface area contributed by atoms with E-state index in [4.69, 9.17) is 9.47 Å². The molecule has 1 spiro atoms. The third-order valence-corrected chi connectivity index (χ3v) is 11.9. The van der Waals surface area contributed by atoms with Crippen molar-refractivity contribution >= 4 is 0 Å². The first kappa shape index (κ1) is 20.5. The normalized spacial score (nSPS) is 62.5. The van der Waals surface area contributed by atoms with E-state index in [1.165, 1.54) is 44.9 Å². The van der Waals surface area contributed by atoms with Crippen LogP contribution in [0.3, 0.4) is 0 Å². The smallest absolute Gasteiger partial charge is 0.171 e. The van der Waals surface area contributed by atoms with Gasteiger partial charge < -0.3 is 14.6 Å². The van der Waals surface area contributed by atoms with E-state index < -0.39 is 0 Å². The molecule has 0 amide bonds. The zero-order chi connectivity index (χ0) is 20.9. The van der Waals surface area contributed by atoms with E-state index in [9.17, 15) is 5.11 Å². The van der Waals surface area contributed by atoms with Gasteiger partial charge >= 0.3 is 0 Å². The van der Waals surface area contributed by atoms with Crippen molar-refractivity contribution in [1.29, 1.82) is 0 Å². The Labute approximate surface area is 183 Å². The summed E-state index contributed by atoms with van der Waals surface area (Å²) in [5.74, 6) is 4.93. The van der Waals surface area contributed by atoms with Crippen LogP contribution in [-0.2, 0) is 9.47 Å². The van der Waals surface area contributed by atoms with Gasteiger partial charge in [-0.15, -0.1) is 0 Å². The molecule has 2 aliphatic heterocycles. The molecule has 170 valence electrons. The predicted octanol–water partition coefficient (Wildman–Crippen LogP) is 5.79. The van der Waals surface area contributed by atoms with Crippen LogP contribution in [0, 0.1) is 52.3 Å². The van der Waals surface area contributed by atoms with Gasteiger partial charge in [0.15, 0.2) is 5.79 Å². The van der Waals surface area contributed by atoms with Crippen LogP contribution in [0.15, 0.2) is 0 Å². The van der Waals surface area contributed by atoms with E-state index in [0.29, 0.717) is 34.7 Å². The summed E-state index contributed by atoms with van der Waals surface area (Å²) >= 11 is 0. The van der Waals surface area contributed by atoms with Crippen LogP contribution in [0.5, 0.6) is 0 Å². The molecule has 0 aromatic rings. The van der Waals surface area contributed by atoms with Crippen molar-refractivity contribution in [2.75, 3.05) is 6.61 Å². The second-order valence-electron chi connectivity index (χ2n) is 13.1. The maximum atomic E-state index is 10.3. The summed E-state index contributed by atoms with van der Waals surface area (Å²) < 4.78 is 13.4. The van der Waals surface area contributed by atoms with Crippen LogP contribution in [-0.4, -0.2) is 29.7 Å². The lowest BCUT2D eigenvalue weighted by molar-refractivity contribution is -0.273. The molecule has 6 rings (SSSR count). The fourth-order valence-electron chi connectivity index (χ4n) is 10.3. The molecule has 4 aliphatic carbocycles. The average molecular weight is 417 g/mol. The standard InChI is InChI=1S/C27H44O3/c1-16-7-12-27(29-15-16)17(2)24-23(30-27)14-22-20-6-5-18-13-19(28)8-10-25(18,3)21(20)9-11-26(22,24)4/h16-24,28H,5-15H2,1-4H3/t16-,17-,18+,19+,20+,21-,22+,23-,24-,25-,26-,27+/m0/s1. The lowest BCUT2D eigenvalue weighted by atomic mass is 9.44. The lowest BCUT2D eigenvalue weighted by Gasteiger charge is -2.61. The summed E-state index contributed by atoms with van der Waals surface area (Å²) in [5.41, 5.74) is 0.899. The van der Waals surface area contributed by atoms with Crippen LogP contribution in [0.4, 0.5) is 0 Å². The topological polar surface area (TPSA) is 38.7 Å². The van der Waals surface area contributed by atoms with Gasteiger partial charge in [-0.2, -0.15) is 0 Å². The molecule has 3 heteroatoms. The molecule has 0 unspecified atom stereocenters. The van der Waals surface area contributed by atoms with Gasteiger partial charge in [0.1, 0.15) is 0 Å². The molecule has 1 N–H and O–H groups in total. The molecule has 4 saturated carbocycles. The van der Waals surface area contributed by atoms with Gasteiger partial charge in [-0.3, -0.25) is 0 Å². The zero-order valence-corrected chi connectivity index (χ0v) is 19.7. The molecule has 6 aliphatic rings. The monoisotopic (exact) mass is 416 g/mol. The average Bonchev–Trinajstić information content (AvgIpc) is 3.16. The fraction of sp³-hybridized carbons (Fsp3) is 1.00. The Balaban J connectivity index is 1.26. The highest BCUT2D eigenvalue weighted by Gasteiger charge is 2.69. The molecule has 3 nitrogen and oxygen atoms in total. The van der Waals surface area contributed by atoms with Gasteiger partial charge in [0.2, 0.25) is 0 Å². The summed E-state index contributed by atoms with van der Waals surface area (Å²) in [6.45, 7) is 10.9. The van der Waals surface area contributed by atoms with Crippen LogP contribution < -0.4 is 0 Å². The first-order valence-corrected chi connectivity index (χ1v) is 13.3. The summed E-state index contributed by atoms with van der Waals surface area (Å²) in [4.78, 5) is 0. The maximum Gasteiger partial charge on any atom is 0.171 e. The number of aliphatic hydroxyl groups excluding tert-OH is 1. The number of ether oxygens (including phenoxy) is 2. The Morgan fingerprint density at radius 2 is 1.63 bits per heavy atom. The maximum absolute atomic E-state index is 10.3. The molecule has 0 aromatic carbocycles. The highest BCUT2D eigenvalue weighted by molar-refractivity contribution is 5.15. The van der Waals surface area contributed by atoms with E-state index in [1.807, 2.05) is 0 Å². The molecule has 30 heavy (non-hydrogen) atoms. The quantitative estimate of drug-likeness (QED) is 0.543. The zero-order valence-electron chi connectivity index (χ0n) is 19.7. The number of fused-ring (bicyclic) bond motifs is 7. The van der Waals surface area contributed by atoms with Crippen LogP contribution in [0.1, 0.15) is 91.9 Å².